The van der Waals surface area contributed by atoms with Gasteiger partial charge in [0.15, 0.2) is 6.10 Å². The van der Waals surface area contributed by atoms with Gasteiger partial charge >= 0.3 is 11.9 Å². The Morgan fingerprint density at radius 2 is 1.89 bits per heavy atom. The van der Waals surface area contributed by atoms with Crippen LogP contribution in [0.3, 0.4) is 0 Å². The van der Waals surface area contributed by atoms with E-state index >= 15 is 0 Å². The molecule has 0 bridgehead atoms. The third-order valence-electron chi connectivity index (χ3n) is 2.77. The number of aliphatic hydroxyl groups excluding tert-OH is 2. The lowest BCUT2D eigenvalue weighted by molar-refractivity contribution is -0.153. The van der Waals surface area contributed by atoms with E-state index in [0.717, 1.165) is 0 Å². The molecule has 104 valence electrons. The molecule has 0 saturated carbocycles. The summed E-state index contributed by atoms with van der Waals surface area (Å²) in [6.07, 6.45) is -3.70. The number of aliphatic hydroxyl groups is 2. The van der Waals surface area contributed by atoms with E-state index in [1.54, 1.807) is 6.92 Å². The predicted molar refractivity (Wildman–Crippen MR) is 65.5 cm³/mol. The van der Waals surface area contributed by atoms with Crippen LogP contribution in [0.4, 0.5) is 5.69 Å². The summed E-state index contributed by atoms with van der Waals surface area (Å²) >= 11 is 0. The van der Waals surface area contributed by atoms with Crippen molar-refractivity contribution in [2.24, 2.45) is 0 Å². The van der Waals surface area contributed by atoms with E-state index in [-0.39, 0.29) is 16.8 Å². The quantitative estimate of drug-likeness (QED) is 0.441. The number of hydrogen-bond acceptors (Lipinski definition) is 6. The Bertz CT molecular complexity index is 513. The summed E-state index contributed by atoms with van der Waals surface area (Å²) in [6, 6.07) is 2.55. The highest BCUT2D eigenvalue weighted by atomic mass is 16.5. The average Bonchev–Trinajstić information content (AvgIpc) is 2.38. The fourth-order valence-electron chi connectivity index (χ4n) is 1.57. The lowest BCUT2D eigenvalue weighted by Gasteiger charge is -2.17. The van der Waals surface area contributed by atoms with E-state index in [0.29, 0.717) is 5.56 Å². The maximum atomic E-state index is 11.5. The van der Waals surface area contributed by atoms with Gasteiger partial charge in [0, 0.05) is 5.69 Å². The summed E-state index contributed by atoms with van der Waals surface area (Å²) < 4.78 is 4.56. The average molecular weight is 269 g/mol. The number of carboxylic acids is 1. The van der Waals surface area contributed by atoms with Gasteiger partial charge in [-0.05, 0) is 30.2 Å². The number of ether oxygens (including phenoxy) is 1. The molecule has 0 saturated heterocycles. The van der Waals surface area contributed by atoms with Gasteiger partial charge in [-0.15, -0.1) is 0 Å². The van der Waals surface area contributed by atoms with Gasteiger partial charge in [-0.1, -0.05) is 0 Å². The first-order valence-corrected chi connectivity index (χ1v) is 5.36. The molecule has 0 fully saturated rings. The van der Waals surface area contributed by atoms with Gasteiger partial charge in [0.1, 0.15) is 6.10 Å². The minimum absolute atomic E-state index is 0.0263. The number of rotatable bonds is 4. The molecule has 1 aromatic rings. The summed E-state index contributed by atoms with van der Waals surface area (Å²) in [5.74, 6) is -2.24. The van der Waals surface area contributed by atoms with Crippen molar-refractivity contribution >= 4 is 17.6 Å². The minimum Gasteiger partial charge on any atom is -0.479 e. The second-order valence-electron chi connectivity index (χ2n) is 4.00. The smallest absolute Gasteiger partial charge is 0.338 e. The number of methoxy groups -OCH3 is 1. The molecule has 0 aliphatic carbocycles. The largest absolute Gasteiger partial charge is 0.479 e. The monoisotopic (exact) mass is 269 g/mol. The Balaban J connectivity index is 3.27. The highest BCUT2D eigenvalue weighted by Gasteiger charge is 2.27. The van der Waals surface area contributed by atoms with Crippen molar-refractivity contribution in [2.75, 3.05) is 12.8 Å². The summed E-state index contributed by atoms with van der Waals surface area (Å²) in [7, 11) is 1.19. The number of esters is 1. The maximum Gasteiger partial charge on any atom is 0.338 e. The summed E-state index contributed by atoms with van der Waals surface area (Å²) in [6.45, 7) is 1.59. The molecule has 0 heterocycles. The van der Waals surface area contributed by atoms with Crippen molar-refractivity contribution in [2.45, 2.75) is 19.1 Å². The molecule has 0 spiro atoms. The number of carbonyl (C=O) groups is 2. The van der Waals surface area contributed by atoms with E-state index in [1.165, 1.54) is 19.2 Å². The number of hydrogen-bond donors (Lipinski definition) is 4. The number of nitrogens with two attached hydrogens (primary N) is 1. The van der Waals surface area contributed by atoms with Crippen LogP contribution in [-0.2, 0) is 9.53 Å². The number of benzene rings is 1. The van der Waals surface area contributed by atoms with Crippen molar-refractivity contribution in [3.05, 3.63) is 28.8 Å². The Labute approximate surface area is 109 Å². The highest BCUT2D eigenvalue weighted by Crippen LogP contribution is 2.25. The molecule has 7 heteroatoms. The first-order valence-electron chi connectivity index (χ1n) is 5.36. The predicted octanol–water partition coefficient (Wildman–Crippen LogP) is -0.157. The van der Waals surface area contributed by atoms with Crippen LogP contribution in [0.25, 0.3) is 0 Å². The second kappa shape index (κ2) is 5.68. The fourth-order valence-corrected chi connectivity index (χ4v) is 1.57. The van der Waals surface area contributed by atoms with Crippen LogP contribution < -0.4 is 5.73 Å². The van der Waals surface area contributed by atoms with Crippen LogP contribution in [0.5, 0.6) is 0 Å². The topological polar surface area (TPSA) is 130 Å². The van der Waals surface area contributed by atoms with Crippen molar-refractivity contribution in [1.82, 2.24) is 0 Å². The van der Waals surface area contributed by atoms with Crippen molar-refractivity contribution < 1.29 is 29.6 Å². The molecule has 2 unspecified atom stereocenters. The van der Waals surface area contributed by atoms with Gasteiger partial charge in [0.2, 0.25) is 0 Å². The van der Waals surface area contributed by atoms with Crippen molar-refractivity contribution in [3.8, 4) is 0 Å². The Morgan fingerprint density at radius 3 is 2.37 bits per heavy atom. The molecule has 0 aromatic heterocycles. The van der Waals surface area contributed by atoms with E-state index < -0.39 is 24.1 Å². The lowest BCUT2D eigenvalue weighted by atomic mass is 9.97. The highest BCUT2D eigenvalue weighted by molar-refractivity contribution is 5.93. The number of carboxylic acid groups (broad SMARTS) is 1. The summed E-state index contributed by atoms with van der Waals surface area (Å²) in [5.41, 5.74) is 6.45. The molecule has 1 rings (SSSR count). The van der Waals surface area contributed by atoms with Crippen LogP contribution in [0.2, 0.25) is 0 Å². The Morgan fingerprint density at radius 1 is 1.32 bits per heavy atom. The van der Waals surface area contributed by atoms with Crippen LogP contribution in [0.15, 0.2) is 12.1 Å². The van der Waals surface area contributed by atoms with E-state index in [2.05, 4.69) is 4.74 Å². The number of anilines is 1. The summed E-state index contributed by atoms with van der Waals surface area (Å²) in [5, 5.41) is 27.6. The maximum absolute atomic E-state index is 11.5. The standard InChI is InChI=1S/C12H15NO6/c1-5-7(12(18)19-2)3-6(4-8(5)13)9(14)10(15)11(16)17/h3-4,9-10,14-15H,13H2,1-2H3,(H,16,17). The zero-order valence-corrected chi connectivity index (χ0v) is 10.5. The fraction of sp³-hybridized carbons (Fsp3) is 0.333. The van der Waals surface area contributed by atoms with Gasteiger partial charge < -0.3 is 25.8 Å². The number of nitrogen functional groups attached to an aromatic ring is 1. The first kappa shape index (κ1) is 14.9. The van der Waals surface area contributed by atoms with Gasteiger partial charge in [-0.2, -0.15) is 0 Å². The van der Waals surface area contributed by atoms with Crippen LogP contribution in [0, 0.1) is 6.92 Å². The van der Waals surface area contributed by atoms with Gasteiger partial charge in [-0.25, -0.2) is 9.59 Å². The van der Waals surface area contributed by atoms with Crippen molar-refractivity contribution in [3.63, 3.8) is 0 Å². The zero-order valence-electron chi connectivity index (χ0n) is 10.5. The molecule has 1 aromatic carbocycles. The molecule has 0 aliphatic rings. The molecular formula is C12H15NO6. The third-order valence-corrected chi connectivity index (χ3v) is 2.77. The zero-order chi connectivity index (χ0) is 14.7. The minimum atomic E-state index is -2.01. The van der Waals surface area contributed by atoms with Gasteiger partial charge in [0.05, 0.1) is 12.7 Å². The van der Waals surface area contributed by atoms with Gasteiger partial charge in [-0.3, -0.25) is 0 Å². The lowest BCUT2D eigenvalue weighted by Crippen LogP contribution is -2.27. The first-order chi connectivity index (χ1) is 8.79. The molecule has 5 N–H and O–H groups in total. The Kier molecular flexibility index (Phi) is 4.47. The normalized spacial score (nSPS) is 13.7. The van der Waals surface area contributed by atoms with E-state index in [1.807, 2.05) is 0 Å². The second-order valence-corrected chi connectivity index (χ2v) is 4.00. The van der Waals surface area contributed by atoms with Crippen LogP contribution >= 0.6 is 0 Å². The SMILES string of the molecule is COC(=O)c1cc(C(O)C(O)C(=O)O)cc(N)c1C. The van der Waals surface area contributed by atoms with Crippen molar-refractivity contribution in [1.29, 1.82) is 0 Å². The van der Waals surface area contributed by atoms with Gasteiger partial charge in [0.25, 0.3) is 0 Å². The number of carbonyl (C=O) groups excluding carboxylic acids is 1. The molecule has 0 aliphatic heterocycles. The van der Waals surface area contributed by atoms with E-state index in [4.69, 9.17) is 10.8 Å². The van der Waals surface area contributed by atoms with E-state index in [9.17, 15) is 19.8 Å². The molecule has 19 heavy (non-hydrogen) atoms. The number of aliphatic carboxylic acids is 1. The third kappa shape index (κ3) is 3.01. The molecule has 7 nitrogen and oxygen atoms in total. The summed E-state index contributed by atoms with van der Waals surface area (Å²) in [4.78, 5) is 22.1. The molecule has 2 atom stereocenters. The van der Waals surface area contributed by atoms with Crippen LogP contribution in [-0.4, -0.2) is 40.5 Å². The molecule has 0 radical (unpaired) electrons. The molecular weight excluding hydrogens is 254 g/mol. The molecule has 0 amide bonds. The van der Waals surface area contributed by atoms with Crippen LogP contribution in [0.1, 0.15) is 27.6 Å². The Hall–Kier alpha value is -2.12.